The maximum atomic E-state index is 15.0. The Bertz CT molecular complexity index is 2130. The first-order valence-electron chi connectivity index (χ1n) is 19.8. The van der Waals surface area contributed by atoms with Gasteiger partial charge in [0.2, 0.25) is 27.8 Å². The Kier molecular flexibility index (Phi) is 9.39. The highest BCUT2D eigenvalue weighted by Crippen LogP contribution is 2.49. The molecule has 302 valence electrons. The number of pyridine rings is 1. The van der Waals surface area contributed by atoms with Gasteiger partial charge in [-0.25, -0.2) is 27.0 Å². The minimum Gasteiger partial charge on any atom is -0.483 e. The van der Waals surface area contributed by atoms with E-state index in [2.05, 4.69) is 10.0 Å². The van der Waals surface area contributed by atoms with Gasteiger partial charge >= 0.3 is 6.09 Å². The average Bonchev–Trinajstić information content (AvgIpc) is 3.99. The van der Waals surface area contributed by atoms with Crippen molar-refractivity contribution in [2.75, 3.05) is 6.54 Å². The number of ether oxygens (including phenoxy) is 1. The van der Waals surface area contributed by atoms with Crippen molar-refractivity contribution in [1.82, 2.24) is 24.8 Å². The Morgan fingerprint density at radius 1 is 1.05 bits per heavy atom. The zero-order chi connectivity index (χ0) is 39.8. The lowest BCUT2D eigenvalue weighted by molar-refractivity contribution is -0.144. The van der Waals surface area contributed by atoms with Crippen molar-refractivity contribution < 1.29 is 46.2 Å². The van der Waals surface area contributed by atoms with Crippen molar-refractivity contribution >= 4 is 44.7 Å². The molecule has 6 aliphatic rings. The number of amides is 4. The van der Waals surface area contributed by atoms with Gasteiger partial charge in [0.05, 0.1) is 22.5 Å². The lowest BCUT2D eigenvalue weighted by Gasteiger charge is -2.38. The summed E-state index contributed by atoms with van der Waals surface area (Å²) in [7, 11) is -4.05. The minimum atomic E-state index is -4.05. The summed E-state index contributed by atoms with van der Waals surface area (Å²) in [6.07, 6.45) is 5.16. The maximum absolute atomic E-state index is 15.0. The van der Waals surface area contributed by atoms with Gasteiger partial charge in [-0.1, -0.05) is 43.2 Å². The third-order valence-corrected chi connectivity index (χ3v) is 15.3. The van der Waals surface area contributed by atoms with Gasteiger partial charge in [-0.05, 0) is 77.7 Å². The lowest BCUT2D eigenvalue weighted by Crippen LogP contribution is -2.59. The van der Waals surface area contributed by atoms with Crippen LogP contribution in [0.4, 0.5) is 13.6 Å². The fourth-order valence-corrected chi connectivity index (χ4v) is 10.8. The molecule has 3 aliphatic carbocycles. The highest BCUT2D eigenvalue weighted by molar-refractivity contribution is 7.91. The number of benzene rings is 1. The molecule has 0 bridgehead atoms. The first-order chi connectivity index (χ1) is 26.5. The standard InChI is InChI=1S/C40H49F2N5O8S/c1-24-32-28(27-11-8-9-12-29(27)43-24)15-16-38(55-32)22-31-33(48)44-40(35(50)45-56(53,54)37(2)18-19-37)20-25(40)10-6-4-3-5-7-13-30(34(49)46(31)23-38)47(36(51)52)26-14-17-39(41,42)21-26/h6,8-12,25-26,30-31H,3-5,7,13-23H2,1-2H3,(H,44,48)(H,45,50)(H,51,52)/b10-6-/t25-,26?,30+,31+,38-,40-/m1/s1. The number of alkyl halides is 2. The molecule has 4 amide bonds. The van der Waals surface area contributed by atoms with Crippen molar-refractivity contribution in [1.29, 1.82) is 0 Å². The molecule has 4 heterocycles. The number of nitrogens with one attached hydrogen (secondary N) is 2. The molecule has 1 aromatic heterocycles. The van der Waals surface area contributed by atoms with E-state index in [4.69, 9.17) is 9.72 Å². The number of hydrogen-bond acceptors (Lipinski definition) is 8. The van der Waals surface area contributed by atoms with Crippen LogP contribution in [0.1, 0.15) is 102 Å². The molecule has 16 heteroatoms. The molecule has 1 aromatic carbocycles. The fraction of sp³-hybridized carbons (Fsp3) is 0.625. The highest BCUT2D eigenvalue weighted by atomic mass is 32.2. The van der Waals surface area contributed by atoms with Crippen LogP contribution < -0.4 is 14.8 Å². The molecule has 6 atom stereocenters. The molecule has 13 nitrogen and oxygen atoms in total. The van der Waals surface area contributed by atoms with Crippen LogP contribution in [0.3, 0.4) is 0 Å². The molecule has 56 heavy (non-hydrogen) atoms. The summed E-state index contributed by atoms with van der Waals surface area (Å²) in [4.78, 5) is 63.6. The van der Waals surface area contributed by atoms with E-state index in [1.807, 2.05) is 43.3 Å². The Labute approximate surface area is 324 Å². The van der Waals surface area contributed by atoms with Gasteiger partial charge in [-0.3, -0.25) is 24.0 Å². The molecule has 8 rings (SSSR count). The number of aryl methyl sites for hydroxylation is 2. The van der Waals surface area contributed by atoms with Crippen molar-refractivity contribution in [3.8, 4) is 5.75 Å². The van der Waals surface area contributed by atoms with Crippen molar-refractivity contribution in [2.24, 2.45) is 5.92 Å². The smallest absolute Gasteiger partial charge is 0.408 e. The summed E-state index contributed by atoms with van der Waals surface area (Å²) >= 11 is 0. The monoisotopic (exact) mass is 797 g/mol. The van der Waals surface area contributed by atoms with Crippen LogP contribution in [0.15, 0.2) is 36.4 Å². The van der Waals surface area contributed by atoms with Gasteiger partial charge in [0.1, 0.15) is 29.0 Å². The van der Waals surface area contributed by atoms with Crippen LogP contribution in [0.5, 0.6) is 5.75 Å². The number of nitrogens with zero attached hydrogens (tertiary/aromatic N) is 3. The number of halogens is 2. The van der Waals surface area contributed by atoms with Gasteiger partial charge in [0.15, 0.2) is 0 Å². The fourth-order valence-electron chi connectivity index (χ4n) is 9.46. The number of rotatable bonds is 5. The number of carboxylic acid groups (broad SMARTS) is 1. The van der Waals surface area contributed by atoms with Gasteiger partial charge in [-0.15, -0.1) is 0 Å². The summed E-state index contributed by atoms with van der Waals surface area (Å²) in [6, 6.07) is 3.99. The predicted octanol–water partition coefficient (Wildman–Crippen LogP) is 5.14. The topological polar surface area (TPSA) is 175 Å². The summed E-state index contributed by atoms with van der Waals surface area (Å²) in [5.74, 6) is -5.28. The Morgan fingerprint density at radius 2 is 1.82 bits per heavy atom. The van der Waals surface area contributed by atoms with E-state index in [1.54, 1.807) is 6.92 Å². The second-order valence-electron chi connectivity index (χ2n) is 17.2. The number of carbonyl (C=O) groups excluding carboxylic acids is 3. The molecule has 4 fully saturated rings. The highest BCUT2D eigenvalue weighted by Gasteiger charge is 2.64. The molecule has 3 N–H and O–H groups in total. The van der Waals surface area contributed by atoms with Gasteiger partial charge in [0.25, 0.3) is 5.91 Å². The largest absolute Gasteiger partial charge is 0.483 e. The zero-order valence-electron chi connectivity index (χ0n) is 31.7. The Hall–Kier alpha value is -4.34. The first kappa shape index (κ1) is 38.5. The number of fused-ring (bicyclic) bond motifs is 5. The van der Waals surface area contributed by atoms with Gasteiger partial charge in [-0.2, -0.15) is 0 Å². The van der Waals surface area contributed by atoms with Crippen LogP contribution in [-0.2, 0) is 30.8 Å². The van der Waals surface area contributed by atoms with Crippen LogP contribution in [0.25, 0.3) is 10.9 Å². The average molecular weight is 798 g/mol. The molecular formula is C40H49F2N5O8S. The van der Waals surface area contributed by atoms with E-state index in [0.29, 0.717) is 62.8 Å². The van der Waals surface area contributed by atoms with E-state index in [-0.39, 0.29) is 32.2 Å². The minimum absolute atomic E-state index is 0.00779. The molecule has 2 aromatic rings. The van der Waals surface area contributed by atoms with Crippen LogP contribution in [0.2, 0.25) is 0 Å². The van der Waals surface area contributed by atoms with Crippen LogP contribution in [0, 0.1) is 12.8 Å². The Balaban J connectivity index is 1.17. The van der Waals surface area contributed by atoms with E-state index in [0.717, 1.165) is 21.4 Å². The zero-order valence-corrected chi connectivity index (χ0v) is 32.5. The lowest BCUT2D eigenvalue weighted by atomic mass is 9.87. The van der Waals surface area contributed by atoms with E-state index < -0.39 is 92.5 Å². The number of hydrogen-bond donors (Lipinski definition) is 3. The number of para-hydroxylation sites is 1. The molecule has 1 saturated heterocycles. The van der Waals surface area contributed by atoms with Gasteiger partial charge in [0, 0.05) is 42.2 Å². The molecule has 1 unspecified atom stereocenters. The van der Waals surface area contributed by atoms with E-state index in [1.165, 1.54) is 4.90 Å². The molecule has 3 aliphatic heterocycles. The van der Waals surface area contributed by atoms with Crippen molar-refractivity contribution in [3.05, 3.63) is 47.7 Å². The third kappa shape index (κ3) is 6.78. The number of allylic oxidation sites excluding steroid dienone is 1. The molecular weight excluding hydrogens is 749 g/mol. The van der Waals surface area contributed by atoms with Crippen LogP contribution >= 0.6 is 0 Å². The quantitative estimate of drug-likeness (QED) is 0.346. The molecule has 1 spiro atoms. The van der Waals surface area contributed by atoms with E-state index in [9.17, 15) is 36.7 Å². The number of sulfonamides is 1. The SMILES string of the molecule is Cc1nc2ccccc2c2c1O[C@]1(CC2)C[C@H]2C(=O)N[C@]3(C(=O)NS(=O)(=O)C4(C)CC4)C[C@H]3/C=C\CCCCC[C@H](N(C(=O)O)C3CCC(F)(F)C3)C(=O)N2C1. The van der Waals surface area contributed by atoms with Crippen molar-refractivity contribution in [2.45, 2.75) is 144 Å². The second kappa shape index (κ2) is 13.7. The maximum Gasteiger partial charge on any atom is 0.408 e. The summed E-state index contributed by atoms with van der Waals surface area (Å²) in [5, 5.41) is 14.3. The predicted molar refractivity (Wildman–Crippen MR) is 200 cm³/mol. The number of carbonyl (C=O) groups is 4. The van der Waals surface area contributed by atoms with E-state index >= 15 is 4.79 Å². The second-order valence-corrected chi connectivity index (χ2v) is 19.4. The molecule has 0 radical (unpaired) electrons. The van der Waals surface area contributed by atoms with Gasteiger partial charge < -0.3 is 20.1 Å². The van der Waals surface area contributed by atoms with Crippen LogP contribution in [-0.4, -0.2) is 98.6 Å². The summed E-state index contributed by atoms with van der Waals surface area (Å²) in [6.45, 7) is 3.29. The molecule has 3 saturated carbocycles. The summed E-state index contributed by atoms with van der Waals surface area (Å²) in [5.41, 5.74) is -0.321. The first-order valence-corrected chi connectivity index (χ1v) is 21.3. The van der Waals surface area contributed by atoms with Crippen molar-refractivity contribution in [3.63, 3.8) is 0 Å². The number of aromatic nitrogens is 1. The Morgan fingerprint density at radius 3 is 2.54 bits per heavy atom. The third-order valence-electron chi connectivity index (χ3n) is 13.2. The normalized spacial score (nSPS) is 32.8. The summed E-state index contributed by atoms with van der Waals surface area (Å²) < 4.78 is 63.6.